The van der Waals surface area contributed by atoms with Crippen molar-refractivity contribution < 1.29 is 9.72 Å². The lowest BCUT2D eigenvalue weighted by Gasteiger charge is -2.13. The number of benzene rings is 1. The summed E-state index contributed by atoms with van der Waals surface area (Å²) in [7, 11) is 0. The van der Waals surface area contributed by atoms with Crippen LogP contribution in [0.3, 0.4) is 0 Å². The molecule has 106 valence electrons. The number of amides is 1. The zero-order valence-corrected chi connectivity index (χ0v) is 11.1. The molecule has 6 nitrogen and oxygen atoms in total. The Kier molecular flexibility index (Phi) is 4.47. The van der Waals surface area contributed by atoms with Gasteiger partial charge in [0, 0.05) is 25.2 Å². The van der Waals surface area contributed by atoms with Gasteiger partial charge in [0.25, 0.3) is 5.69 Å². The number of likely N-dealkylation sites (tertiary alicyclic amines) is 1. The molecular formula is C14H17N3O3. The Balaban J connectivity index is 2.06. The first-order chi connectivity index (χ1) is 9.61. The summed E-state index contributed by atoms with van der Waals surface area (Å²) in [4.78, 5) is 24.1. The van der Waals surface area contributed by atoms with Crippen molar-refractivity contribution in [1.29, 1.82) is 0 Å². The molecule has 6 heteroatoms. The minimum absolute atomic E-state index is 0.00203. The fraction of sp³-hybridized carbons (Fsp3) is 0.357. The second-order valence-corrected chi connectivity index (χ2v) is 4.82. The SMILES string of the molecule is NCC1CCN(C(=O)C=Cc2ccccc2[N+](=O)[O-])C1. The van der Waals surface area contributed by atoms with E-state index in [-0.39, 0.29) is 11.6 Å². The molecule has 1 unspecified atom stereocenters. The lowest BCUT2D eigenvalue weighted by Crippen LogP contribution is -2.28. The molecule has 1 aliphatic heterocycles. The highest BCUT2D eigenvalue weighted by atomic mass is 16.6. The predicted octanol–water partition coefficient (Wildman–Crippen LogP) is 1.42. The van der Waals surface area contributed by atoms with Crippen LogP contribution in [0.5, 0.6) is 0 Å². The molecule has 0 saturated carbocycles. The van der Waals surface area contributed by atoms with Crippen LogP contribution >= 0.6 is 0 Å². The minimum atomic E-state index is -0.454. The van der Waals surface area contributed by atoms with E-state index in [2.05, 4.69) is 0 Å². The molecule has 2 N–H and O–H groups in total. The van der Waals surface area contributed by atoms with Gasteiger partial charge in [0.2, 0.25) is 5.91 Å². The van der Waals surface area contributed by atoms with E-state index in [1.54, 1.807) is 23.1 Å². The van der Waals surface area contributed by atoms with Gasteiger partial charge in [-0.1, -0.05) is 12.1 Å². The Bertz CT molecular complexity index is 542. The van der Waals surface area contributed by atoms with Crippen molar-refractivity contribution in [3.63, 3.8) is 0 Å². The van der Waals surface area contributed by atoms with E-state index < -0.39 is 4.92 Å². The maximum absolute atomic E-state index is 12.0. The number of carbonyl (C=O) groups is 1. The van der Waals surface area contributed by atoms with Crippen molar-refractivity contribution >= 4 is 17.7 Å². The molecule has 1 saturated heterocycles. The highest BCUT2D eigenvalue weighted by Gasteiger charge is 2.23. The maximum atomic E-state index is 12.0. The van der Waals surface area contributed by atoms with Gasteiger partial charge in [0.05, 0.1) is 10.5 Å². The molecule has 1 aliphatic rings. The number of nitro groups is 1. The average Bonchev–Trinajstić information content (AvgIpc) is 2.94. The quantitative estimate of drug-likeness (QED) is 0.511. The van der Waals surface area contributed by atoms with Crippen LogP contribution < -0.4 is 5.73 Å². The summed E-state index contributed by atoms with van der Waals surface area (Å²) in [5.41, 5.74) is 6.01. The molecule has 1 heterocycles. The Morgan fingerprint density at radius 1 is 1.50 bits per heavy atom. The van der Waals surface area contributed by atoms with Crippen LogP contribution in [0.1, 0.15) is 12.0 Å². The number of hydrogen-bond donors (Lipinski definition) is 1. The molecule has 0 aromatic heterocycles. The van der Waals surface area contributed by atoms with E-state index in [0.29, 0.717) is 31.1 Å². The standard InChI is InChI=1S/C14H17N3O3/c15-9-11-7-8-16(10-11)14(18)6-5-12-3-1-2-4-13(12)17(19)20/h1-6,11H,7-10,15H2. The molecule has 1 amide bonds. The van der Waals surface area contributed by atoms with E-state index >= 15 is 0 Å². The number of nitro benzene ring substituents is 1. The maximum Gasteiger partial charge on any atom is 0.276 e. The van der Waals surface area contributed by atoms with Crippen molar-refractivity contribution in [3.05, 3.63) is 46.0 Å². The second-order valence-electron chi connectivity index (χ2n) is 4.82. The first-order valence-corrected chi connectivity index (χ1v) is 6.52. The zero-order valence-electron chi connectivity index (χ0n) is 11.1. The van der Waals surface area contributed by atoms with Gasteiger partial charge in [-0.25, -0.2) is 0 Å². The largest absolute Gasteiger partial charge is 0.339 e. The van der Waals surface area contributed by atoms with E-state index in [4.69, 9.17) is 5.73 Å². The highest BCUT2D eigenvalue weighted by Crippen LogP contribution is 2.20. The number of nitrogens with zero attached hydrogens (tertiary/aromatic N) is 2. The van der Waals surface area contributed by atoms with Crippen molar-refractivity contribution in [1.82, 2.24) is 4.90 Å². The average molecular weight is 275 g/mol. The number of rotatable bonds is 4. The first kappa shape index (κ1) is 14.2. The van der Waals surface area contributed by atoms with Gasteiger partial charge in [-0.2, -0.15) is 0 Å². The molecule has 0 spiro atoms. The molecule has 0 bridgehead atoms. The summed E-state index contributed by atoms with van der Waals surface area (Å²) in [6, 6.07) is 6.35. The van der Waals surface area contributed by atoms with Gasteiger partial charge in [-0.05, 0) is 31.0 Å². The fourth-order valence-corrected chi connectivity index (χ4v) is 2.29. The molecule has 0 aliphatic carbocycles. The molecular weight excluding hydrogens is 258 g/mol. The van der Waals surface area contributed by atoms with Gasteiger partial charge in [-0.3, -0.25) is 14.9 Å². The molecule has 2 rings (SSSR count). The van der Waals surface area contributed by atoms with Crippen molar-refractivity contribution in [2.24, 2.45) is 11.7 Å². The fourth-order valence-electron chi connectivity index (χ4n) is 2.29. The summed E-state index contributed by atoms with van der Waals surface area (Å²) in [5, 5.41) is 10.9. The summed E-state index contributed by atoms with van der Waals surface area (Å²) in [6.07, 6.45) is 3.80. The van der Waals surface area contributed by atoms with Crippen LogP contribution in [0, 0.1) is 16.0 Å². The molecule has 1 atom stereocenters. The minimum Gasteiger partial charge on any atom is -0.339 e. The molecule has 0 radical (unpaired) electrons. The molecule has 1 aromatic rings. The third-order valence-electron chi connectivity index (χ3n) is 3.47. The molecule has 1 fully saturated rings. The Morgan fingerprint density at radius 2 is 2.25 bits per heavy atom. The highest BCUT2D eigenvalue weighted by molar-refractivity contribution is 5.92. The summed E-state index contributed by atoms with van der Waals surface area (Å²) >= 11 is 0. The smallest absolute Gasteiger partial charge is 0.276 e. The number of para-hydroxylation sites is 1. The van der Waals surface area contributed by atoms with Crippen molar-refractivity contribution in [2.75, 3.05) is 19.6 Å². The third-order valence-corrected chi connectivity index (χ3v) is 3.47. The van der Waals surface area contributed by atoms with Crippen LogP contribution in [0.2, 0.25) is 0 Å². The van der Waals surface area contributed by atoms with Crippen LogP contribution in [0.4, 0.5) is 5.69 Å². The Labute approximate surface area is 117 Å². The van der Waals surface area contributed by atoms with Gasteiger partial charge >= 0.3 is 0 Å². The van der Waals surface area contributed by atoms with Gasteiger partial charge in [0.15, 0.2) is 0 Å². The Morgan fingerprint density at radius 3 is 2.90 bits per heavy atom. The van der Waals surface area contributed by atoms with Crippen LogP contribution in [0.25, 0.3) is 6.08 Å². The lowest BCUT2D eigenvalue weighted by atomic mass is 10.1. The van der Waals surface area contributed by atoms with Crippen LogP contribution in [0.15, 0.2) is 30.3 Å². The van der Waals surface area contributed by atoms with Crippen molar-refractivity contribution in [2.45, 2.75) is 6.42 Å². The van der Waals surface area contributed by atoms with Gasteiger partial charge in [-0.15, -0.1) is 0 Å². The third kappa shape index (κ3) is 3.21. The monoisotopic (exact) mass is 275 g/mol. The van der Waals surface area contributed by atoms with E-state index in [1.807, 2.05) is 0 Å². The zero-order chi connectivity index (χ0) is 14.5. The van der Waals surface area contributed by atoms with Crippen LogP contribution in [-0.4, -0.2) is 35.4 Å². The van der Waals surface area contributed by atoms with E-state index in [1.165, 1.54) is 18.2 Å². The summed E-state index contributed by atoms with van der Waals surface area (Å²) in [6.45, 7) is 1.94. The lowest BCUT2D eigenvalue weighted by molar-refractivity contribution is -0.385. The summed E-state index contributed by atoms with van der Waals surface area (Å²) < 4.78 is 0. The normalized spacial score (nSPS) is 18.6. The second kappa shape index (κ2) is 6.29. The first-order valence-electron chi connectivity index (χ1n) is 6.52. The summed E-state index contributed by atoms with van der Waals surface area (Å²) in [5.74, 6) is 0.234. The molecule has 20 heavy (non-hydrogen) atoms. The Hall–Kier alpha value is -2.21. The van der Waals surface area contributed by atoms with E-state index in [9.17, 15) is 14.9 Å². The number of carbonyl (C=O) groups excluding carboxylic acids is 1. The van der Waals surface area contributed by atoms with Gasteiger partial charge in [0.1, 0.15) is 0 Å². The predicted molar refractivity (Wildman–Crippen MR) is 75.9 cm³/mol. The van der Waals surface area contributed by atoms with Gasteiger partial charge < -0.3 is 10.6 Å². The number of nitrogens with two attached hydrogens (primary N) is 1. The van der Waals surface area contributed by atoms with E-state index in [0.717, 1.165) is 6.42 Å². The van der Waals surface area contributed by atoms with Crippen molar-refractivity contribution in [3.8, 4) is 0 Å². The topological polar surface area (TPSA) is 89.5 Å². The number of hydrogen-bond acceptors (Lipinski definition) is 4. The molecule has 1 aromatic carbocycles. The van der Waals surface area contributed by atoms with Crippen LogP contribution in [-0.2, 0) is 4.79 Å².